The number of ketones is 1. The van der Waals surface area contributed by atoms with Gasteiger partial charge in [0, 0.05) is 25.1 Å². The van der Waals surface area contributed by atoms with Gasteiger partial charge in [0.25, 0.3) is 0 Å². The van der Waals surface area contributed by atoms with E-state index in [2.05, 4.69) is 51.2 Å². The van der Waals surface area contributed by atoms with Crippen molar-refractivity contribution in [1.29, 1.82) is 0 Å². The largest absolute Gasteiger partial charge is 0.497 e. The third-order valence-corrected chi connectivity index (χ3v) is 8.64. The van der Waals surface area contributed by atoms with Gasteiger partial charge in [0.15, 0.2) is 5.78 Å². The average Bonchev–Trinajstić information content (AvgIpc) is 2.81. The zero-order valence-corrected chi connectivity index (χ0v) is 21.2. The van der Waals surface area contributed by atoms with E-state index in [9.17, 15) is 4.79 Å². The van der Waals surface area contributed by atoms with Gasteiger partial charge in [-0.15, -0.1) is 0 Å². The molecular formula is C30H41NO2. The maximum atomic E-state index is 12.6. The molecule has 0 heterocycles. The highest BCUT2D eigenvalue weighted by molar-refractivity contribution is 5.96. The number of aryl methyl sites for hydroxylation is 1. The van der Waals surface area contributed by atoms with E-state index in [1.165, 1.54) is 37.7 Å². The van der Waals surface area contributed by atoms with Gasteiger partial charge >= 0.3 is 0 Å². The molecule has 2 aromatic rings. The Balaban J connectivity index is 1.40. The quantitative estimate of drug-likeness (QED) is 0.362. The van der Waals surface area contributed by atoms with E-state index in [0.717, 1.165) is 24.4 Å². The molecular weight excluding hydrogens is 406 g/mol. The second-order valence-corrected chi connectivity index (χ2v) is 11.2. The molecule has 0 unspecified atom stereocenters. The highest BCUT2D eigenvalue weighted by atomic mass is 16.5. The number of hydrogen-bond acceptors (Lipinski definition) is 3. The van der Waals surface area contributed by atoms with Crippen LogP contribution in [0.3, 0.4) is 0 Å². The van der Waals surface area contributed by atoms with Crippen LogP contribution in [0.2, 0.25) is 0 Å². The van der Waals surface area contributed by atoms with E-state index < -0.39 is 0 Å². The highest BCUT2D eigenvalue weighted by Crippen LogP contribution is 2.57. The number of Topliss-reactive ketones (excluding diaryl/α,β-unsaturated/α-hetero) is 1. The van der Waals surface area contributed by atoms with Crippen molar-refractivity contribution in [2.45, 2.75) is 77.6 Å². The molecule has 1 N–H and O–H groups in total. The van der Waals surface area contributed by atoms with Crippen LogP contribution in [0.4, 0.5) is 0 Å². The first kappa shape index (κ1) is 24.0. The van der Waals surface area contributed by atoms with Crippen molar-refractivity contribution in [3.63, 3.8) is 0 Å². The van der Waals surface area contributed by atoms with Crippen LogP contribution in [-0.4, -0.2) is 26.0 Å². The Kier molecular flexibility index (Phi) is 7.00. The topological polar surface area (TPSA) is 38.3 Å². The SMILES string of the molecule is COc1ccc(C(=O)CCNC[C@]2(C)CCC[C@]3(C)c4ccc(C(C)C)cc4CC[C@@H]23)cc1. The zero-order valence-electron chi connectivity index (χ0n) is 21.2. The summed E-state index contributed by atoms with van der Waals surface area (Å²) in [6.45, 7) is 11.3. The van der Waals surface area contributed by atoms with E-state index in [4.69, 9.17) is 4.74 Å². The normalized spacial score (nSPS) is 26.5. The number of hydrogen-bond donors (Lipinski definition) is 1. The Morgan fingerprint density at radius 2 is 1.88 bits per heavy atom. The van der Waals surface area contributed by atoms with Crippen LogP contribution in [0.5, 0.6) is 5.75 Å². The number of ether oxygens (including phenoxy) is 1. The number of benzene rings is 2. The summed E-state index contributed by atoms with van der Waals surface area (Å²) in [7, 11) is 1.64. The Labute approximate surface area is 200 Å². The number of nitrogens with one attached hydrogen (secondary N) is 1. The predicted octanol–water partition coefficient (Wildman–Crippen LogP) is 6.69. The van der Waals surface area contributed by atoms with Crippen molar-refractivity contribution in [2.24, 2.45) is 11.3 Å². The first-order valence-electron chi connectivity index (χ1n) is 12.8. The molecule has 4 rings (SSSR count). The second kappa shape index (κ2) is 9.62. The third-order valence-electron chi connectivity index (χ3n) is 8.64. The fourth-order valence-corrected chi connectivity index (χ4v) is 6.71. The van der Waals surface area contributed by atoms with E-state index in [1.807, 2.05) is 24.3 Å². The molecule has 0 spiro atoms. The summed E-state index contributed by atoms with van der Waals surface area (Å²) in [5.74, 6) is 2.24. The van der Waals surface area contributed by atoms with E-state index in [1.54, 1.807) is 18.2 Å². The number of carbonyl (C=O) groups is 1. The van der Waals surface area contributed by atoms with Gasteiger partial charge in [-0.1, -0.05) is 52.3 Å². The van der Waals surface area contributed by atoms with Crippen molar-refractivity contribution in [3.05, 3.63) is 64.7 Å². The van der Waals surface area contributed by atoms with E-state index in [-0.39, 0.29) is 16.6 Å². The van der Waals surface area contributed by atoms with Crippen molar-refractivity contribution >= 4 is 5.78 Å². The van der Waals surface area contributed by atoms with Crippen LogP contribution in [0.25, 0.3) is 0 Å². The molecule has 2 aromatic carbocycles. The van der Waals surface area contributed by atoms with Crippen LogP contribution in [0, 0.1) is 11.3 Å². The molecule has 1 saturated carbocycles. The molecule has 33 heavy (non-hydrogen) atoms. The van der Waals surface area contributed by atoms with Crippen LogP contribution in [0.15, 0.2) is 42.5 Å². The molecule has 3 nitrogen and oxygen atoms in total. The standard InChI is InChI=1S/C30H41NO2/c1-21(2)23-9-13-26-24(19-23)10-14-28-29(3,16-6-17-30(26,28)4)20-31-18-15-27(32)22-7-11-25(33-5)12-8-22/h7-9,11-13,19,21,28,31H,6,10,14-18,20H2,1-5H3/t28-,29-,30+/m0/s1. The van der Waals surface area contributed by atoms with E-state index in [0.29, 0.717) is 18.3 Å². The summed E-state index contributed by atoms with van der Waals surface area (Å²) in [5.41, 5.74) is 5.95. The highest BCUT2D eigenvalue weighted by Gasteiger charge is 2.51. The second-order valence-electron chi connectivity index (χ2n) is 11.2. The molecule has 2 aliphatic carbocycles. The van der Waals surface area contributed by atoms with E-state index >= 15 is 0 Å². The Morgan fingerprint density at radius 3 is 2.58 bits per heavy atom. The maximum absolute atomic E-state index is 12.6. The monoisotopic (exact) mass is 447 g/mol. The fraction of sp³-hybridized carbons (Fsp3) is 0.567. The first-order chi connectivity index (χ1) is 15.8. The molecule has 0 bridgehead atoms. The van der Waals surface area contributed by atoms with Gasteiger partial charge in [0.05, 0.1) is 7.11 Å². The first-order valence-corrected chi connectivity index (χ1v) is 12.8. The lowest BCUT2D eigenvalue weighted by molar-refractivity contribution is 0.0260. The van der Waals surface area contributed by atoms with Gasteiger partial charge in [-0.2, -0.15) is 0 Å². The minimum absolute atomic E-state index is 0.191. The molecule has 0 aromatic heterocycles. The summed E-state index contributed by atoms with van der Waals surface area (Å²) in [6, 6.07) is 14.7. The molecule has 2 aliphatic rings. The Morgan fingerprint density at radius 1 is 1.12 bits per heavy atom. The summed E-state index contributed by atoms with van der Waals surface area (Å²) in [6.07, 6.45) is 6.84. The number of methoxy groups -OCH3 is 1. The maximum Gasteiger partial charge on any atom is 0.164 e. The van der Waals surface area contributed by atoms with Crippen LogP contribution in [-0.2, 0) is 11.8 Å². The molecule has 0 saturated heterocycles. The summed E-state index contributed by atoms with van der Waals surface area (Å²) in [5, 5.41) is 3.67. The minimum Gasteiger partial charge on any atom is -0.497 e. The van der Waals surface area contributed by atoms with Gasteiger partial charge in [0.2, 0.25) is 0 Å². The minimum atomic E-state index is 0.191. The molecule has 0 amide bonds. The lowest BCUT2D eigenvalue weighted by atomic mass is 9.49. The Hall–Kier alpha value is -2.13. The predicted molar refractivity (Wildman–Crippen MR) is 136 cm³/mol. The Bertz CT molecular complexity index is 979. The van der Waals surface area contributed by atoms with Crippen molar-refractivity contribution < 1.29 is 9.53 Å². The van der Waals surface area contributed by atoms with Crippen LogP contribution >= 0.6 is 0 Å². The van der Waals surface area contributed by atoms with Gasteiger partial charge in [0.1, 0.15) is 5.75 Å². The molecule has 3 atom stereocenters. The lowest BCUT2D eigenvalue weighted by Gasteiger charge is -2.55. The summed E-state index contributed by atoms with van der Waals surface area (Å²) < 4.78 is 5.19. The number of carbonyl (C=O) groups excluding carboxylic acids is 1. The average molecular weight is 448 g/mol. The van der Waals surface area contributed by atoms with Gasteiger partial charge < -0.3 is 10.1 Å². The lowest BCUT2D eigenvalue weighted by Crippen LogP contribution is -2.52. The molecule has 0 radical (unpaired) electrons. The summed E-state index contributed by atoms with van der Waals surface area (Å²) >= 11 is 0. The van der Waals surface area contributed by atoms with Gasteiger partial charge in [-0.05, 0) is 89.3 Å². The van der Waals surface area contributed by atoms with Crippen molar-refractivity contribution in [2.75, 3.05) is 20.2 Å². The molecule has 1 fully saturated rings. The molecule has 0 aliphatic heterocycles. The molecule has 3 heteroatoms. The molecule has 178 valence electrons. The van der Waals surface area contributed by atoms with Gasteiger partial charge in [-0.25, -0.2) is 0 Å². The number of fused-ring (bicyclic) bond motifs is 3. The zero-order chi connectivity index (χ0) is 23.6. The number of rotatable bonds is 8. The fourth-order valence-electron chi connectivity index (χ4n) is 6.71. The van der Waals surface area contributed by atoms with Crippen molar-refractivity contribution in [3.8, 4) is 5.75 Å². The third kappa shape index (κ3) is 4.75. The summed E-state index contributed by atoms with van der Waals surface area (Å²) in [4.78, 5) is 12.6. The van der Waals surface area contributed by atoms with Crippen LogP contribution < -0.4 is 10.1 Å². The van der Waals surface area contributed by atoms with Crippen LogP contribution in [0.1, 0.15) is 92.8 Å². The van der Waals surface area contributed by atoms with Crippen molar-refractivity contribution in [1.82, 2.24) is 5.32 Å². The smallest absolute Gasteiger partial charge is 0.164 e. The van der Waals surface area contributed by atoms with Gasteiger partial charge in [-0.3, -0.25) is 4.79 Å².